The van der Waals surface area contributed by atoms with Crippen LogP contribution in [0, 0.1) is 0 Å². The third kappa shape index (κ3) is 10.4. The minimum atomic E-state index is -1.96. The first-order valence-electron chi connectivity index (χ1n) is 16.7. The highest BCUT2D eigenvalue weighted by Crippen LogP contribution is 2.38. The molecule has 0 spiro atoms. The average molecular weight is 643 g/mol. The van der Waals surface area contributed by atoms with Crippen LogP contribution < -0.4 is 0 Å². The number of rotatable bonds is 16. The van der Waals surface area contributed by atoms with Crippen LogP contribution in [0.5, 0.6) is 0 Å². The predicted octanol–water partition coefficient (Wildman–Crippen LogP) is 7.72. The molecule has 0 saturated carbocycles. The molecule has 0 aromatic heterocycles. The fraction of sp³-hybridized carbons (Fsp3) is 0.639. The number of esters is 1. The summed E-state index contributed by atoms with van der Waals surface area (Å²) in [6, 6.07) is 19.8. The molecule has 0 radical (unpaired) electrons. The van der Waals surface area contributed by atoms with Crippen LogP contribution in [0.1, 0.15) is 83.6 Å². The van der Waals surface area contributed by atoms with Crippen LogP contribution in [-0.4, -0.2) is 64.8 Å². The quantitative estimate of drug-likeness (QED) is 0.105. The fourth-order valence-electron chi connectivity index (χ4n) is 5.30. The summed E-state index contributed by atoms with van der Waals surface area (Å²) in [7, 11) is -1.96. The molecule has 0 N–H and O–H groups in total. The number of benzene rings is 2. The average Bonchev–Trinajstić information content (AvgIpc) is 3.02. The number of hydrogen-bond donors (Lipinski definition) is 0. The second kappa shape index (κ2) is 17.2. The van der Waals surface area contributed by atoms with Gasteiger partial charge in [-0.1, -0.05) is 114 Å². The lowest BCUT2D eigenvalue weighted by Gasteiger charge is -2.48. The van der Waals surface area contributed by atoms with Crippen molar-refractivity contribution < 1.29 is 37.6 Å². The second-order valence-corrected chi connectivity index (χ2v) is 18.4. The number of carbonyl (C=O) groups excluding carboxylic acids is 1. The van der Waals surface area contributed by atoms with Crippen molar-refractivity contribution in [2.24, 2.45) is 0 Å². The van der Waals surface area contributed by atoms with Crippen LogP contribution in [-0.2, 0) is 44.2 Å². The van der Waals surface area contributed by atoms with Gasteiger partial charge in [-0.15, -0.1) is 0 Å². The van der Waals surface area contributed by atoms with Crippen molar-refractivity contribution in [2.45, 2.75) is 128 Å². The van der Waals surface area contributed by atoms with Crippen molar-refractivity contribution in [3.63, 3.8) is 0 Å². The Bertz CT molecular complexity index is 1140. The van der Waals surface area contributed by atoms with Gasteiger partial charge in [0.25, 0.3) is 0 Å². The highest BCUT2D eigenvalue weighted by Gasteiger charge is 2.53. The van der Waals surface area contributed by atoms with Crippen molar-refractivity contribution in [1.29, 1.82) is 0 Å². The number of hydrogen-bond acceptors (Lipinski definition) is 8. The van der Waals surface area contributed by atoms with Crippen LogP contribution in [0.25, 0.3) is 0 Å². The van der Waals surface area contributed by atoms with Gasteiger partial charge in [0.1, 0.15) is 18.3 Å². The maximum atomic E-state index is 13.3. The van der Waals surface area contributed by atoms with E-state index in [1.54, 1.807) is 0 Å². The Labute approximate surface area is 271 Å². The van der Waals surface area contributed by atoms with E-state index in [0.717, 1.165) is 36.8 Å². The summed E-state index contributed by atoms with van der Waals surface area (Å²) < 4.78 is 44.5. The van der Waals surface area contributed by atoms with Crippen molar-refractivity contribution in [1.82, 2.24) is 0 Å². The van der Waals surface area contributed by atoms with Gasteiger partial charge in [-0.2, -0.15) is 0 Å². The molecular weight excluding hydrogens is 588 g/mol. The maximum absolute atomic E-state index is 13.3. The van der Waals surface area contributed by atoms with E-state index in [4.69, 9.17) is 32.8 Å². The van der Waals surface area contributed by atoms with Crippen LogP contribution in [0.2, 0.25) is 18.1 Å². The van der Waals surface area contributed by atoms with Gasteiger partial charge in [0.15, 0.2) is 27.0 Å². The molecule has 2 saturated heterocycles. The van der Waals surface area contributed by atoms with E-state index in [-0.39, 0.29) is 17.6 Å². The molecule has 2 aromatic carbocycles. The van der Waals surface area contributed by atoms with Crippen LogP contribution >= 0.6 is 0 Å². The summed E-state index contributed by atoms with van der Waals surface area (Å²) in [6.07, 6.45) is 1.58. The lowest BCUT2D eigenvalue weighted by Crippen LogP contribution is -2.64. The Morgan fingerprint density at radius 2 is 1.56 bits per heavy atom. The van der Waals surface area contributed by atoms with Crippen LogP contribution in [0.4, 0.5) is 0 Å². The summed E-state index contributed by atoms with van der Waals surface area (Å²) in [4.78, 5) is 13.3. The highest BCUT2D eigenvalue weighted by atomic mass is 28.4. The van der Waals surface area contributed by atoms with Crippen molar-refractivity contribution in [3.05, 3.63) is 71.8 Å². The third-order valence-corrected chi connectivity index (χ3v) is 13.6. The number of ether oxygens (including phenoxy) is 6. The van der Waals surface area contributed by atoms with Gasteiger partial charge in [-0.3, -0.25) is 4.79 Å². The van der Waals surface area contributed by atoms with Crippen LogP contribution in [0.15, 0.2) is 60.7 Å². The molecule has 2 heterocycles. The SMILES string of the molecule is CCCCCCCC(=O)O[C@@H]1[C@H](OCCO[Si](C)(C)C(C)(C)C)O[C@@H]2COC(c3ccccc3)O[C@H]2[C@@H]1OCc1ccccc1. The van der Waals surface area contributed by atoms with Gasteiger partial charge < -0.3 is 32.8 Å². The van der Waals surface area contributed by atoms with Crippen LogP contribution in [0.3, 0.4) is 0 Å². The van der Waals surface area contributed by atoms with E-state index in [9.17, 15) is 4.79 Å². The van der Waals surface area contributed by atoms with E-state index < -0.39 is 45.3 Å². The zero-order chi connectivity index (χ0) is 32.3. The van der Waals surface area contributed by atoms with Crippen molar-refractivity contribution in [2.75, 3.05) is 19.8 Å². The van der Waals surface area contributed by atoms with Gasteiger partial charge >= 0.3 is 5.97 Å². The van der Waals surface area contributed by atoms with Gasteiger partial charge in [-0.05, 0) is 30.1 Å². The molecule has 4 rings (SSSR count). The summed E-state index contributed by atoms with van der Waals surface area (Å²) >= 11 is 0. The Morgan fingerprint density at radius 3 is 2.24 bits per heavy atom. The second-order valence-electron chi connectivity index (χ2n) is 13.6. The van der Waals surface area contributed by atoms with E-state index in [1.807, 2.05) is 60.7 Å². The smallest absolute Gasteiger partial charge is 0.306 e. The Balaban J connectivity index is 1.53. The first-order valence-corrected chi connectivity index (χ1v) is 19.6. The lowest BCUT2D eigenvalue weighted by atomic mass is 9.97. The summed E-state index contributed by atoms with van der Waals surface area (Å²) in [6.45, 7) is 14.6. The predicted molar refractivity (Wildman–Crippen MR) is 176 cm³/mol. The van der Waals surface area contributed by atoms with E-state index in [1.165, 1.54) is 6.42 Å². The van der Waals surface area contributed by atoms with Gasteiger partial charge in [0, 0.05) is 12.0 Å². The largest absolute Gasteiger partial charge is 0.454 e. The molecule has 1 unspecified atom stereocenters. The van der Waals surface area contributed by atoms with Crippen molar-refractivity contribution >= 4 is 14.3 Å². The molecule has 2 aliphatic heterocycles. The molecule has 2 aromatic rings. The van der Waals surface area contributed by atoms with Gasteiger partial charge in [0.2, 0.25) is 0 Å². The normalized spacial score (nSPS) is 25.5. The standard InChI is InChI=1S/C36H54O8Si/c1-7-8-9-10-17-22-30(37)43-33-32(39-25-27-18-13-11-14-19-27)31-29(26-40-34(44-31)28-20-15-12-16-21-28)42-35(33)38-23-24-41-45(5,6)36(2,3)4/h11-16,18-21,29,31-35H,7-10,17,22-26H2,1-6H3/t29-,31-,32+,33+,34?,35-/m1/s1. The summed E-state index contributed by atoms with van der Waals surface area (Å²) in [5, 5.41) is 0.0825. The molecule has 250 valence electrons. The zero-order valence-corrected chi connectivity index (χ0v) is 29.1. The topological polar surface area (TPSA) is 81.7 Å². The molecule has 0 aliphatic carbocycles. The summed E-state index contributed by atoms with van der Waals surface area (Å²) in [5.74, 6) is -0.287. The summed E-state index contributed by atoms with van der Waals surface area (Å²) in [5.41, 5.74) is 1.91. The molecule has 45 heavy (non-hydrogen) atoms. The Kier molecular flexibility index (Phi) is 13.6. The molecule has 0 bridgehead atoms. The molecule has 2 aliphatic rings. The molecule has 8 nitrogen and oxygen atoms in total. The lowest BCUT2D eigenvalue weighted by molar-refractivity contribution is -0.367. The number of fused-ring (bicyclic) bond motifs is 1. The fourth-order valence-corrected chi connectivity index (χ4v) is 6.33. The van der Waals surface area contributed by atoms with E-state index in [2.05, 4.69) is 40.8 Å². The minimum Gasteiger partial charge on any atom is -0.454 e. The Morgan fingerprint density at radius 1 is 0.867 bits per heavy atom. The minimum absolute atomic E-state index is 0.0825. The zero-order valence-electron chi connectivity index (χ0n) is 28.1. The molecular formula is C36H54O8Si. The maximum Gasteiger partial charge on any atom is 0.306 e. The molecule has 6 atom stereocenters. The Hall–Kier alpha value is -2.11. The first-order chi connectivity index (χ1) is 21.6. The monoisotopic (exact) mass is 642 g/mol. The third-order valence-electron chi connectivity index (χ3n) is 9.03. The molecule has 0 amide bonds. The highest BCUT2D eigenvalue weighted by molar-refractivity contribution is 6.74. The van der Waals surface area contributed by atoms with E-state index >= 15 is 0 Å². The first kappa shape index (κ1) is 35.7. The van der Waals surface area contributed by atoms with Gasteiger partial charge in [-0.25, -0.2) is 0 Å². The van der Waals surface area contributed by atoms with Gasteiger partial charge in [0.05, 0.1) is 26.4 Å². The van der Waals surface area contributed by atoms with E-state index in [0.29, 0.717) is 26.2 Å². The number of carbonyl (C=O) groups is 1. The molecule has 2 fully saturated rings. The number of unbranched alkanes of at least 4 members (excludes halogenated alkanes) is 4. The van der Waals surface area contributed by atoms with Crippen molar-refractivity contribution in [3.8, 4) is 0 Å². The molecule has 9 heteroatoms.